The predicted molar refractivity (Wildman–Crippen MR) is 92.1 cm³/mol. The zero-order chi connectivity index (χ0) is 16.9. The molecule has 0 unspecified atom stereocenters. The first-order valence-corrected chi connectivity index (χ1v) is 8.76. The number of carbonyl (C=O) groups is 1. The zero-order valence-corrected chi connectivity index (χ0v) is 14.8. The summed E-state index contributed by atoms with van der Waals surface area (Å²) in [5, 5.41) is 3.56. The summed E-state index contributed by atoms with van der Waals surface area (Å²) in [5.41, 5.74) is 2.12. The van der Waals surface area contributed by atoms with Crippen molar-refractivity contribution in [2.75, 3.05) is 46.1 Å². The molecule has 0 aliphatic carbocycles. The molecule has 1 fully saturated rings. The minimum Gasteiger partial charge on any atom is -0.467 e. The van der Waals surface area contributed by atoms with Crippen LogP contribution in [-0.2, 0) is 22.7 Å². The van der Waals surface area contributed by atoms with Crippen molar-refractivity contribution in [2.45, 2.75) is 20.1 Å². The second-order valence-corrected chi connectivity index (χ2v) is 6.61. The largest absolute Gasteiger partial charge is 0.467 e. The van der Waals surface area contributed by atoms with Gasteiger partial charge in [0.25, 0.3) is 0 Å². The van der Waals surface area contributed by atoms with Crippen LogP contribution in [0.4, 0.5) is 0 Å². The third kappa shape index (κ3) is 4.39. The average Bonchev–Trinajstić information content (AvgIpc) is 2.57. The lowest BCUT2D eigenvalue weighted by Gasteiger charge is -2.35. The van der Waals surface area contributed by atoms with E-state index in [4.69, 9.17) is 21.1 Å². The number of piperazine rings is 1. The molecule has 1 aromatic carbocycles. The normalized spacial score (nSPS) is 18.8. The lowest BCUT2D eigenvalue weighted by Crippen LogP contribution is -2.49. The Bertz CT molecular complexity index is 589. The van der Waals surface area contributed by atoms with Crippen molar-refractivity contribution in [3.8, 4) is 5.75 Å². The molecule has 1 N–H and O–H groups in total. The van der Waals surface area contributed by atoms with Gasteiger partial charge < -0.3 is 14.8 Å². The van der Waals surface area contributed by atoms with Gasteiger partial charge in [-0.25, -0.2) is 0 Å². The van der Waals surface area contributed by atoms with E-state index in [-0.39, 0.29) is 5.91 Å². The fraction of sp³-hybridized carbons (Fsp3) is 0.588. The van der Waals surface area contributed by atoms with Gasteiger partial charge in [-0.3, -0.25) is 14.6 Å². The Hall–Kier alpha value is -1.34. The summed E-state index contributed by atoms with van der Waals surface area (Å²) in [4.78, 5) is 16.2. The Labute approximate surface area is 147 Å². The van der Waals surface area contributed by atoms with Crippen molar-refractivity contribution in [1.82, 2.24) is 15.1 Å². The number of fused-ring (bicyclic) bond motifs is 1. The van der Waals surface area contributed by atoms with Gasteiger partial charge in [0.2, 0.25) is 5.91 Å². The zero-order valence-electron chi connectivity index (χ0n) is 14.0. The standard InChI is InChI=1S/C17H24ClN3O3/c1-2-19-16(22)10-21-5-3-20(4-6-21)9-13-7-15(18)8-14-11-23-12-24-17(13)14/h7-8H,2-6,9-12H2,1H3,(H,19,22). The van der Waals surface area contributed by atoms with Gasteiger partial charge in [0.15, 0.2) is 6.79 Å². The number of rotatable bonds is 5. The van der Waals surface area contributed by atoms with Gasteiger partial charge in [0.1, 0.15) is 5.75 Å². The predicted octanol–water partition coefficient (Wildman–Crippen LogP) is 1.46. The first-order chi connectivity index (χ1) is 11.7. The Morgan fingerprint density at radius 2 is 2.00 bits per heavy atom. The highest BCUT2D eigenvalue weighted by Crippen LogP contribution is 2.32. The molecule has 3 rings (SSSR count). The highest BCUT2D eigenvalue weighted by Gasteiger charge is 2.22. The van der Waals surface area contributed by atoms with Crippen molar-refractivity contribution >= 4 is 17.5 Å². The van der Waals surface area contributed by atoms with Gasteiger partial charge in [-0.1, -0.05) is 11.6 Å². The molecule has 2 aliphatic rings. The number of hydrogen-bond donors (Lipinski definition) is 1. The SMILES string of the molecule is CCNC(=O)CN1CCN(Cc2cc(Cl)cc3c2OCOC3)CC1. The summed E-state index contributed by atoms with van der Waals surface area (Å²) in [6.07, 6.45) is 0. The summed E-state index contributed by atoms with van der Waals surface area (Å²) in [6, 6.07) is 3.89. The minimum absolute atomic E-state index is 0.100. The molecule has 0 aromatic heterocycles. The molecule has 0 bridgehead atoms. The maximum atomic E-state index is 11.7. The third-order valence-electron chi connectivity index (χ3n) is 4.35. The van der Waals surface area contributed by atoms with Crippen LogP contribution in [0.5, 0.6) is 5.75 Å². The van der Waals surface area contributed by atoms with Crippen LogP contribution in [0.2, 0.25) is 5.02 Å². The van der Waals surface area contributed by atoms with Gasteiger partial charge in [-0.2, -0.15) is 0 Å². The average molecular weight is 354 g/mol. The molecule has 1 amide bonds. The quantitative estimate of drug-likeness (QED) is 0.868. The van der Waals surface area contributed by atoms with Gasteiger partial charge in [0, 0.05) is 55.4 Å². The molecule has 0 saturated carbocycles. The molecule has 132 valence electrons. The van der Waals surface area contributed by atoms with E-state index in [1.807, 2.05) is 19.1 Å². The van der Waals surface area contributed by atoms with E-state index in [9.17, 15) is 4.79 Å². The van der Waals surface area contributed by atoms with E-state index in [1.54, 1.807) is 0 Å². The number of amides is 1. The summed E-state index contributed by atoms with van der Waals surface area (Å²) < 4.78 is 11.0. The minimum atomic E-state index is 0.100. The van der Waals surface area contributed by atoms with Crippen molar-refractivity contribution in [3.63, 3.8) is 0 Å². The number of nitrogens with one attached hydrogen (secondary N) is 1. The molecule has 1 aromatic rings. The number of ether oxygens (including phenoxy) is 2. The monoisotopic (exact) mass is 353 g/mol. The summed E-state index contributed by atoms with van der Waals surface area (Å²) >= 11 is 6.23. The molecule has 2 aliphatic heterocycles. The van der Waals surface area contributed by atoms with E-state index >= 15 is 0 Å². The molecule has 7 heteroatoms. The van der Waals surface area contributed by atoms with Crippen molar-refractivity contribution in [2.24, 2.45) is 0 Å². The Morgan fingerprint density at radius 1 is 1.25 bits per heavy atom. The van der Waals surface area contributed by atoms with Crippen LogP contribution in [0.1, 0.15) is 18.1 Å². The molecular weight excluding hydrogens is 330 g/mol. The Morgan fingerprint density at radius 3 is 2.75 bits per heavy atom. The van der Waals surface area contributed by atoms with E-state index in [0.717, 1.165) is 49.6 Å². The molecular formula is C17H24ClN3O3. The van der Waals surface area contributed by atoms with E-state index in [2.05, 4.69) is 15.1 Å². The fourth-order valence-corrected chi connectivity index (χ4v) is 3.44. The number of benzene rings is 1. The first kappa shape index (κ1) is 17.5. The van der Waals surface area contributed by atoms with Crippen LogP contribution in [0.15, 0.2) is 12.1 Å². The van der Waals surface area contributed by atoms with Crippen LogP contribution in [0.25, 0.3) is 0 Å². The molecule has 6 nitrogen and oxygen atoms in total. The lowest BCUT2D eigenvalue weighted by molar-refractivity contribution is -0.122. The smallest absolute Gasteiger partial charge is 0.234 e. The van der Waals surface area contributed by atoms with Crippen LogP contribution in [-0.4, -0.2) is 61.8 Å². The van der Waals surface area contributed by atoms with Crippen molar-refractivity contribution in [3.05, 3.63) is 28.3 Å². The van der Waals surface area contributed by atoms with Crippen LogP contribution in [0.3, 0.4) is 0 Å². The van der Waals surface area contributed by atoms with Gasteiger partial charge in [-0.15, -0.1) is 0 Å². The van der Waals surface area contributed by atoms with E-state index in [1.165, 1.54) is 0 Å². The number of likely N-dealkylation sites (N-methyl/N-ethyl adjacent to an activating group) is 1. The van der Waals surface area contributed by atoms with E-state index in [0.29, 0.717) is 31.5 Å². The van der Waals surface area contributed by atoms with Crippen molar-refractivity contribution in [1.29, 1.82) is 0 Å². The number of hydrogen-bond acceptors (Lipinski definition) is 5. The second kappa shape index (κ2) is 8.16. The van der Waals surface area contributed by atoms with Gasteiger partial charge in [-0.05, 0) is 19.1 Å². The maximum Gasteiger partial charge on any atom is 0.234 e. The Balaban J connectivity index is 1.57. The fourth-order valence-electron chi connectivity index (χ4n) is 3.18. The topological polar surface area (TPSA) is 54.0 Å². The molecule has 2 heterocycles. The first-order valence-electron chi connectivity index (χ1n) is 8.39. The number of nitrogens with zero attached hydrogens (tertiary/aromatic N) is 2. The number of carbonyl (C=O) groups excluding carboxylic acids is 1. The van der Waals surface area contributed by atoms with Gasteiger partial charge >= 0.3 is 0 Å². The molecule has 24 heavy (non-hydrogen) atoms. The van der Waals surface area contributed by atoms with Crippen LogP contribution < -0.4 is 10.1 Å². The van der Waals surface area contributed by atoms with Crippen LogP contribution >= 0.6 is 11.6 Å². The summed E-state index contributed by atoms with van der Waals surface area (Å²) in [6.45, 7) is 8.39. The molecule has 1 saturated heterocycles. The summed E-state index contributed by atoms with van der Waals surface area (Å²) in [5.74, 6) is 1.01. The maximum absolute atomic E-state index is 11.7. The van der Waals surface area contributed by atoms with Gasteiger partial charge in [0.05, 0.1) is 13.2 Å². The third-order valence-corrected chi connectivity index (χ3v) is 4.57. The molecule has 0 spiro atoms. The van der Waals surface area contributed by atoms with Crippen molar-refractivity contribution < 1.29 is 14.3 Å². The summed E-state index contributed by atoms with van der Waals surface area (Å²) in [7, 11) is 0. The van der Waals surface area contributed by atoms with Crippen LogP contribution in [0, 0.1) is 0 Å². The Kier molecular flexibility index (Phi) is 5.94. The second-order valence-electron chi connectivity index (χ2n) is 6.17. The lowest BCUT2D eigenvalue weighted by atomic mass is 10.1. The molecule has 0 atom stereocenters. The molecule has 0 radical (unpaired) electrons. The highest BCUT2D eigenvalue weighted by atomic mass is 35.5. The highest BCUT2D eigenvalue weighted by molar-refractivity contribution is 6.30. The van der Waals surface area contributed by atoms with E-state index < -0.39 is 0 Å². The number of halogens is 1.